The third-order valence-electron chi connectivity index (χ3n) is 3.59. The van der Waals surface area contributed by atoms with Crippen LogP contribution < -0.4 is 14.8 Å². The Hall–Kier alpha value is -3.34. The Labute approximate surface area is 147 Å². The van der Waals surface area contributed by atoms with Crippen molar-refractivity contribution in [3.63, 3.8) is 0 Å². The summed E-state index contributed by atoms with van der Waals surface area (Å²) < 4.78 is 10.3. The van der Waals surface area contributed by atoms with Gasteiger partial charge >= 0.3 is 0 Å². The minimum absolute atomic E-state index is 0.544. The Balaban J connectivity index is 1.70. The molecule has 0 aliphatic heterocycles. The van der Waals surface area contributed by atoms with Gasteiger partial charge in [0.05, 0.1) is 19.9 Å². The molecule has 25 heavy (non-hydrogen) atoms. The summed E-state index contributed by atoms with van der Waals surface area (Å²) in [6.07, 6.45) is 5.67. The highest BCUT2D eigenvalue weighted by atomic mass is 16.5. The zero-order valence-corrected chi connectivity index (χ0v) is 14.1. The minimum Gasteiger partial charge on any atom is -0.497 e. The van der Waals surface area contributed by atoms with E-state index >= 15 is 0 Å². The second kappa shape index (κ2) is 7.97. The average Bonchev–Trinajstić information content (AvgIpc) is 2.68. The van der Waals surface area contributed by atoms with Crippen LogP contribution >= 0.6 is 0 Å². The summed E-state index contributed by atoms with van der Waals surface area (Å²) in [5.74, 6) is 2.19. The van der Waals surface area contributed by atoms with Crippen LogP contribution in [0.25, 0.3) is 12.2 Å². The van der Waals surface area contributed by atoms with E-state index in [2.05, 4.69) is 15.3 Å². The van der Waals surface area contributed by atoms with Crippen molar-refractivity contribution < 1.29 is 9.47 Å². The molecular formula is C20H19N3O2. The lowest BCUT2D eigenvalue weighted by Crippen LogP contribution is -1.97. The molecular weight excluding hydrogens is 314 g/mol. The number of hydrogen-bond donors (Lipinski definition) is 1. The van der Waals surface area contributed by atoms with Gasteiger partial charge in [-0.1, -0.05) is 18.2 Å². The van der Waals surface area contributed by atoms with Crippen molar-refractivity contribution >= 4 is 23.8 Å². The molecule has 0 bridgehead atoms. The van der Waals surface area contributed by atoms with E-state index in [-0.39, 0.29) is 0 Å². The standard InChI is InChI=1S/C20H19N3O2/c1-24-18-9-4-15(5-10-18)3-6-17-13-14-21-20(23-17)22-16-7-11-19(25-2)12-8-16/h3-14H,1-2H3,(H,21,22,23)/b6-3+. The van der Waals surface area contributed by atoms with Gasteiger partial charge in [0.1, 0.15) is 11.5 Å². The Morgan fingerprint density at radius 3 is 2.08 bits per heavy atom. The first-order valence-corrected chi connectivity index (χ1v) is 7.83. The first-order valence-electron chi connectivity index (χ1n) is 7.83. The van der Waals surface area contributed by atoms with E-state index in [1.54, 1.807) is 20.4 Å². The van der Waals surface area contributed by atoms with Crippen molar-refractivity contribution in [1.82, 2.24) is 9.97 Å². The van der Waals surface area contributed by atoms with E-state index in [1.807, 2.05) is 66.7 Å². The second-order valence-electron chi connectivity index (χ2n) is 5.27. The quantitative estimate of drug-likeness (QED) is 0.724. The van der Waals surface area contributed by atoms with Gasteiger partial charge in [-0.3, -0.25) is 0 Å². The van der Waals surface area contributed by atoms with Crippen molar-refractivity contribution in [3.8, 4) is 11.5 Å². The van der Waals surface area contributed by atoms with Crippen molar-refractivity contribution in [2.24, 2.45) is 0 Å². The molecule has 0 unspecified atom stereocenters. The normalized spacial score (nSPS) is 10.6. The van der Waals surface area contributed by atoms with Crippen molar-refractivity contribution in [1.29, 1.82) is 0 Å². The number of nitrogens with zero attached hydrogens (tertiary/aromatic N) is 2. The number of hydrogen-bond acceptors (Lipinski definition) is 5. The van der Waals surface area contributed by atoms with Crippen LogP contribution in [0.15, 0.2) is 60.8 Å². The molecule has 0 saturated carbocycles. The predicted molar refractivity (Wildman–Crippen MR) is 100 cm³/mol. The van der Waals surface area contributed by atoms with Crippen LogP contribution in [0.3, 0.4) is 0 Å². The maximum Gasteiger partial charge on any atom is 0.227 e. The van der Waals surface area contributed by atoms with E-state index in [4.69, 9.17) is 9.47 Å². The van der Waals surface area contributed by atoms with E-state index in [0.29, 0.717) is 5.95 Å². The summed E-state index contributed by atoms with van der Waals surface area (Å²) in [6, 6.07) is 17.3. The Bertz CT molecular complexity index is 844. The highest BCUT2D eigenvalue weighted by Gasteiger charge is 1.99. The van der Waals surface area contributed by atoms with E-state index in [9.17, 15) is 0 Å². The van der Waals surface area contributed by atoms with Gasteiger partial charge in [0.15, 0.2) is 0 Å². The molecule has 3 rings (SSSR count). The number of aromatic nitrogens is 2. The fourth-order valence-corrected chi connectivity index (χ4v) is 2.23. The summed E-state index contributed by atoms with van der Waals surface area (Å²) in [5, 5.41) is 3.18. The summed E-state index contributed by atoms with van der Waals surface area (Å²) in [5.41, 5.74) is 2.79. The van der Waals surface area contributed by atoms with E-state index in [1.165, 1.54) is 0 Å². The fraction of sp³-hybridized carbons (Fsp3) is 0.100. The lowest BCUT2D eigenvalue weighted by Gasteiger charge is -2.06. The van der Waals surface area contributed by atoms with Gasteiger partial charge < -0.3 is 14.8 Å². The molecule has 5 nitrogen and oxygen atoms in total. The van der Waals surface area contributed by atoms with Crippen LogP contribution in [0.2, 0.25) is 0 Å². The van der Waals surface area contributed by atoms with Crippen LogP contribution in [-0.2, 0) is 0 Å². The molecule has 1 aromatic heterocycles. The molecule has 0 atom stereocenters. The summed E-state index contributed by atoms with van der Waals surface area (Å²) in [4.78, 5) is 8.75. The van der Waals surface area contributed by atoms with Gasteiger partial charge in [0.2, 0.25) is 5.95 Å². The van der Waals surface area contributed by atoms with Gasteiger partial charge in [-0.15, -0.1) is 0 Å². The Morgan fingerprint density at radius 2 is 1.44 bits per heavy atom. The molecule has 126 valence electrons. The number of ether oxygens (including phenoxy) is 2. The van der Waals surface area contributed by atoms with Gasteiger partial charge in [-0.05, 0) is 54.1 Å². The number of methoxy groups -OCH3 is 2. The molecule has 0 aliphatic rings. The molecule has 3 aromatic rings. The van der Waals surface area contributed by atoms with Gasteiger partial charge in [0, 0.05) is 11.9 Å². The average molecular weight is 333 g/mol. The second-order valence-corrected chi connectivity index (χ2v) is 5.27. The zero-order chi connectivity index (χ0) is 17.5. The van der Waals surface area contributed by atoms with Gasteiger partial charge in [-0.2, -0.15) is 0 Å². The third kappa shape index (κ3) is 4.57. The van der Waals surface area contributed by atoms with Crippen LogP contribution in [-0.4, -0.2) is 24.2 Å². The molecule has 0 radical (unpaired) electrons. The minimum atomic E-state index is 0.544. The maximum atomic E-state index is 5.16. The van der Waals surface area contributed by atoms with Crippen LogP contribution in [0.5, 0.6) is 11.5 Å². The molecule has 0 amide bonds. The lowest BCUT2D eigenvalue weighted by molar-refractivity contribution is 0.414. The zero-order valence-electron chi connectivity index (χ0n) is 14.1. The van der Waals surface area contributed by atoms with Crippen molar-refractivity contribution in [3.05, 3.63) is 72.1 Å². The van der Waals surface area contributed by atoms with E-state index < -0.39 is 0 Å². The smallest absolute Gasteiger partial charge is 0.227 e. The van der Waals surface area contributed by atoms with Crippen molar-refractivity contribution in [2.75, 3.05) is 19.5 Å². The van der Waals surface area contributed by atoms with Crippen LogP contribution in [0, 0.1) is 0 Å². The number of anilines is 2. The first-order chi connectivity index (χ1) is 12.3. The molecule has 2 aromatic carbocycles. The van der Waals surface area contributed by atoms with Crippen LogP contribution in [0.4, 0.5) is 11.6 Å². The highest BCUT2D eigenvalue weighted by molar-refractivity contribution is 5.68. The van der Waals surface area contributed by atoms with Crippen molar-refractivity contribution in [2.45, 2.75) is 0 Å². The largest absolute Gasteiger partial charge is 0.497 e. The Morgan fingerprint density at radius 1 is 0.800 bits per heavy atom. The highest BCUT2D eigenvalue weighted by Crippen LogP contribution is 2.18. The molecule has 0 spiro atoms. The summed E-state index contributed by atoms with van der Waals surface area (Å²) in [6.45, 7) is 0. The monoisotopic (exact) mass is 333 g/mol. The first kappa shape index (κ1) is 16.5. The van der Waals surface area contributed by atoms with Gasteiger partial charge in [0.25, 0.3) is 0 Å². The molecule has 0 aliphatic carbocycles. The summed E-state index contributed by atoms with van der Waals surface area (Å²) in [7, 11) is 3.30. The predicted octanol–water partition coefficient (Wildman–Crippen LogP) is 4.41. The van der Waals surface area contributed by atoms with E-state index in [0.717, 1.165) is 28.4 Å². The lowest BCUT2D eigenvalue weighted by atomic mass is 10.2. The molecule has 1 heterocycles. The number of benzene rings is 2. The maximum absolute atomic E-state index is 5.16. The number of rotatable bonds is 6. The van der Waals surface area contributed by atoms with Gasteiger partial charge in [-0.25, -0.2) is 9.97 Å². The topological polar surface area (TPSA) is 56.3 Å². The van der Waals surface area contributed by atoms with Crippen LogP contribution in [0.1, 0.15) is 11.3 Å². The molecule has 1 N–H and O–H groups in total. The SMILES string of the molecule is COc1ccc(/C=C/c2ccnc(Nc3ccc(OC)cc3)n2)cc1. The summed E-state index contributed by atoms with van der Waals surface area (Å²) >= 11 is 0. The molecule has 0 fully saturated rings. The molecule has 0 saturated heterocycles. The third-order valence-corrected chi connectivity index (χ3v) is 3.59. The fourth-order valence-electron chi connectivity index (χ4n) is 2.23. The Kier molecular flexibility index (Phi) is 5.26. The molecule has 5 heteroatoms. The number of nitrogens with one attached hydrogen (secondary N) is 1.